The van der Waals surface area contributed by atoms with Crippen molar-refractivity contribution in [1.82, 2.24) is 10.3 Å². The summed E-state index contributed by atoms with van der Waals surface area (Å²) < 4.78 is 1.02. The van der Waals surface area contributed by atoms with Crippen LogP contribution in [0.15, 0.2) is 42.5 Å². The molecule has 1 aliphatic rings. The number of rotatable bonds is 6. The van der Waals surface area contributed by atoms with Gasteiger partial charge >= 0.3 is 0 Å². The lowest BCUT2D eigenvalue weighted by atomic mass is 9.87. The molecule has 2 N–H and O–H groups in total. The van der Waals surface area contributed by atoms with E-state index in [4.69, 9.17) is 0 Å². The van der Waals surface area contributed by atoms with Gasteiger partial charge in [-0.25, -0.2) is 4.98 Å². The fourth-order valence-electron chi connectivity index (χ4n) is 3.86. The molecule has 4 rings (SSSR count). The average molecular weight is 422 g/mol. The third kappa shape index (κ3) is 4.70. The number of nitrogens with one attached hydrogen (secondary N) is 2. The number of carbonyl (C=O) groups is 2. The fourth-order valence-corrected chi connectivity index (χ4v) is 4.79. The van der Waals surface area contributed by atoms with Crippen molar-refractivity contribution in [3.05, 3.63) is 59.2 Å². The largest absolute Gasteiger partial charge is 0.349 e. The van der Waals surface area contributed by atoms with Gasteiger partial charge in [0.15, 0.2) is 5.13 Å². The third-order valence-electron chi connectivity index (χ3n) is 5.55. The molecule has 0 aliphatic heterocycles. The van der Waals surface area contributed by atoms with Crippen molar-refractivity contribution >= 4 is 38.5 Å². The molecule has 2 aromatic carbocycles. The molecular weight excluding hydrogens is 394 g/mol. The molecule has 0 fully saturated rings. The zero-order chi connectivity index (χ0) is 21.1. The number of thiazole rings is 1. The van der Waals surface area contributed by atoms with E-state index in [1.54, 1.807) is 0 Å². The molecule has 5 nitrogen and oxygen atoms in total. The molecule has 30 heavy (non-hydrogen) atoms. The standard InChI is InChI=1S/C24H27N3O2S/c1-15(2)23(29)27-24-26-20-12-10-16(14-21(20)30-24)11-13-22(28)25-19-9-5-7-17-6-3-4-8-18(17)19/h3-4,6,8,10,12,14-15,19H,5,7,9,11,13H2,1-2H3,(H,25,28)(H,26,27,29)/t19-/m1/s1. The SMILES string of the molecule is CC(C)C(=O)Nc1nc2ccc(CCC(=O)N[C@@H]3CCCc4ccccc43)cc2s1. The Morgan fingerprint density at radius 2 is 2.03 bits per heavy atom. The highest BCUT2D eigenvalue weighted by atomic mass is 32.1. The van der Waals surface area contributed by atoms with Gasteiger partial charge in [-0.2, -0.15) is 0 Å². The van der Waals surface area contributed by atoms with Crippen LogP contribution in [0.25, 0.3) is 10.2 Å². The van der Waals surface area contributed by atoms with Crippen LogP contribution in [-0.2, 0) is 22.4 Å². The Morgan fingerprint density at radius 3 is 2.87 bits per heavy atom. The van der Waals surface area contributed by atoms with E-state index in [0.717, 1.165) is 35.0 Å². The topological polar surface area (TPSA) is 71.1 Å². The summed E-state index contributed by atoms with van der Waals surface area (Å²) in [5, 5.41) is 6.70. The number of benzene rings is 2. The van der Waals surface area contributed by atoms with Crippen molar-refractivity contribution in [2.24, 2.45) is 5.92 Å². The van der Waals surface area contributed by atoms with Crippen LogP contribution in [0.2, 0.25) is 0 Å². The second-order valence-corrected chi connectivity index (χ2v) is 9.21. The minimum absolute atomic E-state index is 0.0322. The van der Waals surface area contributed by atoms with Crippen molar-refractivity contribution in [1.29, 1.82) is 0 Å². The van der Waals surface area contributed by atoms with Crippen molar-refractivity contribution in [3.63, 3.8) is 0 Å². The van der Waals surface area contributed by atoms with Gasteiger partial charge in [0.2, 0.25) is 11.8 Å². The number of aromatic nitrogens is 1. The number of fused-ring (bicyclic) bond motifs is 2. The van der Waals surface area contributed by atoms with Crippen LogP contribution >= 0.6 is 11.3 Å². The number of amides is 2. The smallest absolute Gasteiger partial charge is 0.228 e. The van der Waals surface area contributed by atoms with Crippen LogP contribution < -0.4 is 10.6 Å². The second-order valence-electron chi connectivity index (χ2n) is 8.18. The summed E-state index contributed by atoms with van der Waals surface area (Å²) in [6.45, 7) is 3.72. The van der Waals surface area contributed by atoms with Gasteiger partial charge in [-0.15, -0.1) is 0 Å². The molecule has 0 unspecified atom stereocenters. The first-order valence-electron chi connectivity index (χ1n) is 10.6. The van der Waals surface area contributed by atoms with Crippen LogP contribution in [0.5, 0.6) is 0 Å². The summed E-state index contributed by atoms with van der Waals surface area (Å²) in [4.78, 5) is 28.9. The average Bonchev–Trinajstić information content (AvgIpc) is 3.14. The lowest BCUT2D eigenvalue weighted by Crippen LogP contribution is -2.31. The maximum absolute atomic E-state index is 12.6. The molecule has 156 valence electrons. The zero-order valence-electron chi connectivity index (χ0n) is 17.4. The summed E-state index contributed by atoms with van der Waals surface area (Å²) in [6, 6.07) is 14.6. The first-order chi connectivity index (χ1) is 14.5. The molecule has 2 amide bonds. The third-order valence-corrected chi connectivity index (χ3v) is 6.49. The van der Waals surface area contributed by atoms with Crippen LogP contribution in [0.1, 0.15) is 55.8 Å². The van der Waals surface area contributed by atoms with E-state index in [-0.39, 0.29) is 23.8 Å². The summed E-state index contributed by atoms with van der Waals surface area (Å²) >= 11 is 1.47. The Kier molecular flexibility index (Phi) is 6.13. The molecule has 0 bridgehead atoms. The zero-order valence-corrected chi connectivity index (χ0v) is 18.2. The van der Waals surface area contributed by atoms with Crippen molar-refractivity contribution in [2.75, 3.05) is 5.32 Å². The molecular formula is C24H27N3O2S. The first kappa shape index (κ1) is 20.5. The van der Waals surface area contributed by atoms with Crippen LogP contribution in [0.4, 0.5) is 5.13 Å². The first-order valence-corrected chi connectivity index (χ1v) is 11.4. The van der Waals surface area contributed by atoms with E-state index in [1.807, 2.05) is 32.0 Å². The summed E-state index contributed by atoms with van der Waals surface area (Å²) in [5.41, 5.74) is 4.59. The minimum Gasteiger partial charge on any atom is -0.349 e. The fraction of sp³-hybridized carbons (Fsp3) is 0.375. The number of carbonyl (C=O) groups excluding carboxylic acids is 2. The molecule has 0 spiro atoms. The summed E-state index contributed by atoms with van der Waals surface area (Å²) in [6.07, 6.45) is 4.35. The predicted octanol–water partition coefficient (Wildman–Crippen LogP) is 5.02. The maximum Gasteiger partial charge on any atom is 0.228 e. The number of nitrogens with zero attached hydrogens (tertiary/aromatic N) is 1. The predicted molar refractivity (Wildman–Crippen MR) is 122 cm³/mol. The van der Waals surface area contributed by atoms with Crippen molar-refractivity contribution in [2.45, 2.75) is 52.0 Å². The Balaban J connectivity index is 1.36. The molecule has 0 saturated carbocycles. The normalized spacial score (nSPS) is 15.8. The second kappa shape index (κ2) is 8.96. The van der Waals surface area contributed by atoms with Gasteiger partial charge in [0.1, 0.15) is 0 Å². The molecule has 1 atom stereocenters. The Labute approximate surface area is 180 Å². The highest BCUT2D eigenvalue weighted by Gasteiger charge is 2.21. The van der Waals surface area contributed by atoms with E-state index in [0.29, 0.717) is 18.0 Å². The lowest BCUT2D eigenvalue weighted by molar-refractivity contribution is -0.122. The van der Waals surface area contributed by atoms with Crippen LogP contribution in [-0.4, -0.2) is 16.8 Å². The van der Waals surface area contributed by atoms with E-state index < -0.39 is 0 Å². The Bertz CT molecular complexity index is 1070. The van der Waals surface area contributed by atoms with E-state index in [1.165, 1.54) is 22.5 Å². The number of anilines is 1. The Hall–Kier alpha value is -2.73. The minimum atomic E-state index is -0.0813. The molecule has 6 heteroatoms. The lowest BCUT2D eigenvalue weighted by Gasteiger charge is -2.26. The van der Waals surface area contributed by atoms with Crippen LogP contribution in [0.3, 0.4) is 0 Å². The number of aryl methyl sites for hydroxylation is 2. The van der Waals surface area contributed by atoms with Gasteiger partial charge in [-0.3, -0.25) is 9.59 Å². The van der Waals surface area contributed by atoms with Gasteiger partial charge in [0, 0.05) is 12.3 Å². The molecule has 0 saturated heterocycles. The molecule has 0 radical (unpaired) electrons. The molecule has 1 heterocycles. The number of hydrogen-bond acceptors (Lipinski definition) is 4. The van der Waals surface area contributed by atoms with E-state index in [9.17, 15) is 9.59 Å². The van der Waals surface area contributed by atoms with Crippen molar-refractivity contribution < 1.29 is 9.59 Å². The van der Waals surface area contributed by atoms with Gasteiger partial charge < -0.3 is 10.6 Å². The highest BCUT2D eigenvalue weighted by Crippen LogP contribution is 2.30. The van der Waals surface area contributed by atoms with Crippen molar-refractivity contribution in [3.8, 4) is 0 Å². The molecule has 1 aromatic heterocycles. The molecule has 1 aliphatic carbocycles. The Morgan fingerprint density at radius 1 is 1.20 bits per heavy atom. The van der Waals surface area contributed by atoms with E-state index >= 15 is 0 Å². The highest BCUT2D eigenvalue weighted by molar-refractivity contribution is 7.22. The summed E-state index contributed by atoms with van der Waals surface area (Å²) in [7, 11) is 0. The van der Waals surface area contributed by atoms with Gasteiger partial charge in [0.05, 0.1) is 16.3 Å². The summed E-state index contributed by atoms with van der Waals surface area (Å²) in [5.74, 6) is -0.0246. The van der Waals surface area contributed by atoms with Gasteiger partial charge in [0.25, 0.3) is 0 Å². The maximum atomic E-state index is 12.6. The quantitative estimate of drug-likeness (QED) is 0.587. The van der Waals surface area contributed by atoms with Gasteiger partial charge in [-0.1, -0.05) is 55.5 Å². The van der Waals surface area contributed by atoms with E-state index in [2.05, 4.69) is 39.9 Å². The monoisotopic (exact) mass is 421 g/mol. The van der Waals surface area contributed by atoms with Crippen LogP contribution in [0, 0.1) is 5.92 Å². The number of hydrogen-bond donors (Lipinski definition) is 2. The van der Waals surface area contributed by atoms with Gasteiger partial charge in [-0.05, 0) is 54.5 Å². The molecule has 3 aromatic rings.